The molecule has 0 saturated heterocycles. The topological polar surface area (TPSA) is 108 Å². The molecule has 1 aromatic heterocycles. The van der Waals surface area contributed by atoms with Crippen molar-refractivity contribution in [1.29, 1.82) is 0 Å². The van der Waals surface area contributed by atoms with E-state index >= 15 is 0 Å². The summed E-state index contributed by atoms with van der Waals surface area (Å²) < 4.78 is 27.7. The maximum Gasteiger partial charge on any atom is 0.261 e. The minimum Gasteiger partial charge on any atom is -0.384 e. The van der Waals surface area contributed by atoms with E-state index in [4.69, 9.17) is 11.6 Å². The van der Waals surface area contributed by atoms with Crippen LogP contribution in [0.3, 0.4) is 0 Å². The zero-order valence-corrected chi connectivity index (χ0v) is 17.9. The summed E-state index contributed by atoms with van der Waals surface area (Å²) in [5.41, 5.74) is -0.454. The number of aliphatic hydroxyl groups is 1. The van der Waals surface area contributed by atoms with Gasteiger partial charge in [-0.25, -0.2) is 13.4 Å². The molecule has 10 heteroatoms. The third kappa shape index (κ3) is 5.13. The number of carbonyl (C=O) groups excluding carboxylic acids is 1. The Morgan fingerprint density at radius 2 is 1.79 bits per heavy atom. The molecule has 0 fully saturated rings. The van der Waals surface area contributed by atoms with Crippen molar-refractivity contribution >= 4 is 49.7 Å². The van der Waals surface area contributed by atoms with Gasteiger partial charge in [0.1, 0.15) is 5.60 Å². The standard InChI is InChI=1S/C19H18ClN3O4S2/c1-19(2,25)16-11-28-18(21-16)22-17(24)14-5-3-4-6-15(14)23-29(26,27)13-9-7-12(20)8-10-13/h3-11,23,25H,1-2H3,(H,21,22,24). The fraction of sp³-hybridized carbons (Fsp3) is 0.158. The van der Waals surface area contributed by atoms with Gasteiger partial charge in [0.25, 0.3) is 15.9 Å². The number of hydrogen-bond donors (Lipinski definition) is 3. The molecule has 2 aromatic carbocycles. The summed E-state index contributed by atoms with van der Waals surface area (Å²) in [5.74, 6) is -0.531. The first-order valence-electron chi connectivity index (χ1n) is 8.43. The number of sulfonamides is 1. The molecule has 0 aliphatic heterocycles. The van der Waals surface area contributed by atoms with E-state index in [0.717, 1.165) is 11.3 Å². The summed E-state index contributed by atoms with van der Waals surface area (Å²) in [4.78, 5) is 16.9. The Bertz CT molecular complexity index is 1140. The number of nitrogens with one attached hydrogen (secondary N) is 2. The van der Waals surface area contributed by atoms with Crippen molar-refractivity contribution in [3.63, 3.8) is 0 Å². The molecule has 0 aliphatic rings. The van der Waals surface area contributed by atoms with Crippen molar-refractivity contribution in [1.82, 2.24) is 4.98 Å². The summed E-state index contributed by atoms with van der Waals surface area (Å²) >= 11 is 6.97. The molecule has 3 N–H and O–H groups in total. The minimum atomic E-state index is -3.91. The zero-order valence-electron chi connectivity index (χ0n) is 15.5. The van der Waals surface area contributed by atoms with Gasteiger partial charge < -0.3 is 5.11 Å². The van der Waals surface area contributed by atoms with Crippen LogP contribution < -0.4 is 10.0 Å². The van der Waals surface area contributed by atoms with Crippen molar-refractivity contribution in [2.45, 2.75) is 24.3 Å². The Kier molecular flexibility index (Phi) is 5.95. The summed E-state index contributed by atoms with van der Waals surface area (Å²) in [6.45, 7) is 3.18. The Balaban J connectivity index is 1.84. The third-order valence-corrected chi connectivity index (χ3v) is 6.28. The number of halogens is 1. The molecule has 0 spiro atoms. The van der Waals surface area contributed by atoms with Crippen LogP contribution in [0.5, 0.6) is 0 Å². The molecule has 1 amide bonds. The highest BCUT2D eigenvalue weighted by molar-refractivity contribution is 7.92. The number of hydrogen-bond acceptors (Lipinski definition) is 6. The van der Waals surface area contributed by atoms with Crippen molar-refractivity contribution < 1.29 is 18.3 Å². The van der Waals surface area contributed by atoms with Gasteiger partial charge in [0, 0.05) is 10.4 Å². The van der Waals surface area contributed by atoms with Crippen molar-refractivity contribution in [3.05, 3.63) is 70.2 Å². The number of nitrogens with zero attached hydrogens (tertiary/aromatic N) is 1. The first-order chi connectivity index (χ1) is 13.6. The van der Waals surface area contributed by atoms with Crippen LogP contribution in [0.1, 0.15) is 29.9 Å². The van der Waals surface area contributed by atoms with E-state index in [2.05, 4.69) is 15.0 Å². The fourth-order valence-corrected chi connectivity index (χ4v) is 4.44. The number of para-hydroxylation sites is 1. The van der Waals surface area contributed by atoms with Gasteiger partial charge in [-0.2, -0.15) is 0 Å². The Hall–Kier alpha value is -2.46. The molecule has 3 aromatic rings. The SMILES string of the molecule is CC(C)(O)c1csc(NC(=O)c2ccccc2NS(=O)(=O)c2ccc(Cl)cc2)n1. The van der Waals surface area contributed by atoms with Crippen LogP contribution in [0.25, 0.3) is 0 Å². The van der Waals surface area contributed by atoms with E-state index in [1.807, 2.05) is 0 Å². The molecule has 29 heavy (non-hydrogen) atoms. The third-order valence-electron chi connectivity index (χ3n) is 3.89. The molecule has 0 atom stereocenters. The second-order valence-corrected chi connectivity index (χ2v) is 9.63. The zero-order chi connectivity index (χ0) is 21.2. The van der Waals surface area contributed by atoms with Crippen LogP contribution >= 0.6 is 22.9 Å². The lowest BCUT2D eigenvalue weighted by atomic mass is 10.1. The smallest absolute Gasteiger partial charge is 0.261 e. The summed E-state index contributed by atoms with van der Waals surface area (Å²) in [6.07, 6.45) is 0. The van der Waals surface area contributed by atoms with Gasteiger partial charge in [-0.15, -0.1) is 11.3 Å². The fourth-order valence-electron chi connectivity index (χ4n) is 2.36. The summed E-state index contributed by atoms with van der Waals surface area (Å²) in [7, 11) is -3.91. The Labute approximate surface area is 177 Å². The quantitative estimate of drug-likeness (QED) is 0.523. The number of amides is 1. The molecule has 0 bridgehead atoms. The predicted octanol–water partition coefficient (Wildman–Crippen LogP) is 4.08. The second-order valence-electron chi connectivity index (χ2n) is 6.66. The lowest BCUT2D eigenvalue weighted by molar-refractivity contribution is 0.0745. The molecule has 0 saturated carbocycles. The first kappa shape index (κ1) is 21.3. The van der Waals surface area contributed by atoms with E-state index in [1.165, 1.54) is 36.4 Å². The molecule has 152 valence electrons. The van der Waals surface area contributed by atoms with Crippen LogP contribution in [0, 0.1) is 0 Å². The molecule has 7 nitrogen and oxygen atoms in total. The van der Waals surface area contributed by atoms with E-state index in [-0.39, 0.29) is 16.1 Å². The number of thiazole rings is 1. The van der Waals surface area contributed by atoms with Crippen LogP contribution in [0.4, 0.5) is 10.8 Å². The highest BCUT2D eigenvalue weighted by Crippen LogP contribution is 2.26. The van der Waals surface area contributed by atoms with Gasteiger partial charge in [0.15, 0.2) is 5.13 Å². The lowest BCUT2D eigenvalue weighted by Gasteiger charge is -2.13. The predicted molar refractivity (Wildman–Crippen MR) is 114 cm³/mol. The average Bonchev–Trinajstić information content (AvgIpc) is 3.11. The first-order valence-corrected chi connectivity index (χ1v) is 11.2. The lowest BCUT2D eigenvalue weighted by Crippen LogP contribution is -2.19. The molecule has 1 heterocycles. The van der Waals surface area contributed by atoms with Gasteiger partial charge in [-0.3, -0.25) is 14.8 Å². The summed E-state index contributed by atoms with van der Waals surface area (Å²) in [5, 5.41) is 15.0. The van der Waals surface area contributed by atoms with E-state index in [1.54, 1.807) is 31.4 Å². The van der Waals surface area contributed by atoms with Gasteiger partial charge in [0.2, 0.25) is 0 Å². The van der Waals surface area contributed by atoms with Crippen molar-refractivity contribution in [2.24, 2.45) is 0 Å². The minimum absolute atomic E-state index is 0.0202. The largest absolute Gasteiger partial charge is 0.384 e. The Morgan fingerprint density at radius 1 is 1.14 bits per heavy atom. The van der Waals surface area contributed by atoms with Crippen LogP contribution in [-0.2, 0) is 15.6 Å². The van der Waals surface area contributed by atoms with Gasteiger partial charge in [-0.05, 0) is 50.2 Å². The van der Waals surface area contributed by atoms with E-state index in [0.29, 0.717) is 15.8 Å². The number of aromatic nitrogens is 1. The van der Waals surface area contributed by atoms with Crippen LogP contribution in [-0.4, -0.2) is 24.4 Å². The normalized spacial score (nSPS) is 11.9. The van der Waals surface area contributed by atoms with Crippen LogP contribution in [0.15, 0.2) is 58.8 Å². The number of anilines is 2. The molecule has 3 rings (SSSR count). The van der Waals surface area contributed by atoms with Gasteiger partial charge in [-0.1, -0.05) is 23.7 Å². The molecule has 0 aliphatic carbocycles. The monoisotopic (exact) mass is 451 g/mol. The average molecular weight is 452 g/mol. The van der Waals surface area contributed by atoms with Gasteiger partial charge >= 0.3 is 0 Å². The summed E-state index contributed by atoms with van der Waals surface area (Å²) in [6, 6.07) is 11.9. The number of carbonyl (C=O) groups is 1. The highest BCUT2D eigenvalue weighted by atomic mass is 35.5. The van der Waals surface area contributed by atoms with E-state index < -0.39 is 21.5 Å². The maximum absolute atomic E-state index is 12.7. The van der Waals surface area contributed by atoms with Crippen LogP contribution in [0.2, 0.25) is 5.02 Å². The number of rotatable bonds is 6. The molecular weight excluding hydrogens is 434 g/mol. The molecule has 0 radical (unpaired) electrons. The second kappa shape index (κ2) is 8.11. The molecular formula is C19H18ClN3O4S2. The maximum atomic E-state index is 12.7. The van der Waals surface area contributed by atoms with Gasteiger partial charge in [0.05, 0.1) is 21.8 Å². The van der Waals surface area contributed by atoms with Crippen molar-refractivity contribution in [3.8, 4) is 0 Å². The van der Waals surface area contributed by atoms with E-state index in [9.17, 15) is 18.3 Å². The van der Waals surface area contributed by atoms with Crippen molar-refractivity contribution in [2.75, 3.05) is 10.0 Å². The highest BCUT2D eigenvalue weighted by Gasteiger charge is 2.22. The Morgan fingerprint density at radius 3 is 2.41 bits per heavy atom. The number of benzene rings is 2. The molecule has 0 unspecified atom stereocenters.